The highest BCUT2D eigenvalue weighted by molar-refractivity contribution is 6.00. The van der Waals surface area contributed by atoms with Crippen LogP contribution in [0.5, 0.6) is 5.88 Å². The standard InChI is InChI=1S/C19H18FN5O2/c1-27-18-13(12-10-21-22-11-12)6-7-17(24-18)25-9-8-16(19(25)26)23-15-5-3-2-4-14(15)20/h2-7,10-11,16,23H,8-9H2,1H3,(H,21,22). The van der Waals surface area contributed by atoms with Gasteiger partial charge in [0.25, 0.3) is 5.91 Å². The molecule has 3 heterocycles. The first-order chi connectivity index (χ1) is 13.2. The summed E-state index contributed by atoms with van der Waals surface area (Å²) in [6, 6.07) is 9.44. The van der Waals surface area contributed by atoms with Crippen molar-refractivity contribution in [2.45, 2.75) is 12.5 Å². The highest BCUT2D eigenvalue weighted by Gasteiger charge is 2.34. The summed E-state index contributed by atoms with van der Waals surface area (Å²) in [4.78, 5) is 18.8. The van der Waals surface area contributed by atoms with Crippen LogP contribution in [0.15, 0.2) is 48.8 Å². The Labute approximate surface area is 155 Å². The quantitative estimate of drug-likeness (QED) is 0.725. The molecule has 1 amide bonds. The number of aromatic amines is 1. The first-order valence-corrected chi connectivity index (χ1v) is 8.54. The molecule has 1 aliphatic rings. The van der Waals surface area contributed by atoms with Gasteiger partial charge in [-0.25, -0.2) is 4.39 Å². The molecule has 1 unspecified atom stereocenters. The maximum atomic E-state index is 13.8. The molecule has 27 heavy (non-hydrogen) atoms. The molecule has 8 heteroatoms. The Morgan fingerprint density at radius 2 is 2.15 bits per heavy atom. The van der Waals surface area contributed by atoms with Gasteiger partial charge in [-0.2, -0.15) is 10.1 Å². The first-order valence-electron chi connectivity index (χ1n) is 8.54. The Bertz CT molecular complexity index is 960. The predicted octanol–water partition coefficient (Wildman–Crippen LogP) is 2.84. The molecular formula is C19H18FN5O2. The number of hydrogen-bond donors (Lipinski definition) is 2. The zero-order chi connectivity index (χ0) is 18.8. The second kappa shape index (κ2) is 7.06. The number of para-hydroxylation sites is 1. The van der Waals surface area contributed by atoms with E-state index in [1.807, 2.05) is 6.07 Å². The van der Waals surface area contributed by atoms with E-state index in [2.05, 4.69) is 20.5 Å². The van der Waals surface area contributed by atoms with E-state index in [0.29, 0.717) is 30.4 Å². The summed E-state index contributed by atoms with van der Waals surface area (Å²) in [7, 11) is 1.53. The third-order valence-corrected chi connectivity index (χ3v) is 4.53. The predicted molar refractivity (Wildman–Crippen MR) is 99.2 cm³/mol. The van der Waals surface area contributed by atoms with E-state index < -0.39 is 6.04 Å². The van der Waals surface area contributed by atoms with Gasteiger partial charge in [0.05, 0.1) is 19.0 Å². The van der Waals surface area contributed by atoms with Gasteiger partial charge >= 0.3 is 0 Å². The molecule has 1 fully saturated rings. The van der Waals surface area contributed by atoms with Crippen LogP contribution in [0, 0.1) is 5.82 Å². The van der Waals surface area contributed by atoms with Crippen LogP contribution in [0.2, 0.25) is 0 Å². The van der Waals surface area contributed by atoms with Gasteiger partial charge in [0.2, 0.25) is 5.88 Å². The Balaban J connectivity index is 1.56. The lowest BCUT2D eigenvalue weighted by Gasteiger charge is -2.18. The molecule has 1 aliphatic heterocycles. The minimum atomic E-state index is -0.497. The van der Waals surface area contributed by atoms with Crippen molar-refractivity contribution >= 4 is 17.4 Å². The Kier molecular flexibility index (Phi) is 4.45. The summed E-state index contributed by atoms with van der Waals surface area (Å²) in [5, 5.41) is 9.67. The van der Waals surface area contributed by atoms with Crippen LogP contribution in [-0.2, 0) is 4.79 Å². The molecule has 0 radical (unpaired) electrons. The number of carbonyl (C=O) groups is 1. The number of pyridine rings is 1. The smallest absolute Gasteiger partial charge is 0.250 e. The summed E-state index contributed by atoms with van der Waals surface area (Å²) in [5.41, 5.74) is 1.94. The highest BCUT2D eigenvalue weighted by atomic mass is 19.1. The van der Waals surface area contributed by atoms with Crippen LogP contribution in [0.25, 0.3) is 11.1 Å². The van der Waals surface area contributed by atoms with E-state index in [-0.39, 0.29) is 11.7 Å². The lowest BCUT2D eigenvalue weighted by molar-refractivity contribution is -0.117. The Morgan fingerprint density at radius 1 is 1.30 bits per heavy atom. The number of nitrogens with one attached hydrogen (secondary N) is 2. The van der Waals surface area contributed by atoms with Crippen molar-refractivity contribution < 1.29 is 13.9 Å². The second-order valence-electron chi connectivity index (χ2n) is 6.17. The Morgan fingerprint density at radius 3 is 2.89 bits per heavy atom. The van der Waals surface area contributed by atoms with Crippen molar-refractivity contribution in [2.24, 2.45) is 0 Å². The fourth-order valence-electron chi connectivity index (χ4n) is 3.16. The number of methoxy groups -OCH3 is 1. The number of ether oxygens (including phenoxy) is 1. The highest BCUT2D eigenvalue weighted by Crippen LogP contribution is 2.31. The number of aromatic nitrogens is 3. The van der Waals surface area contributed by atoms with Crippen molar-refractivity contribution in [3.63, 3.8) is 0 Å². The molecule has 138 valence electrons. The van der Waals surface area contributed by atoms with Crippen molar-refractivity contribution in [1.82, 2.24) is 15.2 Å². The van der Waals surface area contributed by atoms with Gasteiger partial charge in [-0.05, 0) is 30.7 Å². The van der Waals surface area contributed by atoms with Crippen LogP contribution < -0.4 is 15.0 Å². The molecule has 0 bridgehead atoms. The van der Waals surface area contributed by atoms with Gasteiger partial charge in [-0.3, -0.25) is 14.8 Å². The zero-order valence-corrected chi connectivity index (χ0v) is 14.6. The topological polar surface area (TPSA) is 83.1 Å². The fourth-order valence-corrected chi connectivity index (χ4v) is 3.16. The number of benzene rings is 1. The second-order valence-corrected chi connectivity index (χ2v) is 6.17. The van der Waals surface area contributed by atoms with E-state index in [4.69, 9.17) is 4.74 Å². The van der Waals surface area contributed by atoms with Crippen molar-refractivity contribution in [3.8, 4) is 17.0 Å². The maximum Gasteiger partial charge on any atom is 0.250 e. The summed E-state index contributed by atoms with van der Waals surface area (Å²) in [6.45, 7) is 0.492. The van der Waals surface area contributed by atoms with E-state index in [0.717, 1.165) is 11.1 Å². The molecule has 1 aromatic carbocycles. The molecule has 0 spiro atoms. The number of H-pyrrole nitrogens is 1. The van der Waals surface area contributed by atoms with Gasteiger partial charge in [0.1, 0.15) is 17.7 Å². The van der Waals surface area contributed by atoms with Crippen LogP contribution in [0.4, 0.5) is 15.9 Å². The monoisotopic (exact) mass is 367 g/mol. The van der Waals surface area contributed by atoms with Gasteiger partial charge in [-0.1, -0.05) is 12.1 Å². The van der Waals surface area contributed by atoms with E-state index in [9.17, 15) is 9.18 Å². The molecule has 7 nitrogen and oxygen atoms in total. The first kappa shape index (κ1) is 17.0. The normalized spacial score (nSPS) is 16.6. The minimum absolute atomic E-state index is 0.149. The van der Waals surface area contributed by atoms with Gasteiger partial charge in [-0.15, -0.1) is 0 Å². The van der Waals surface area contributed by atoms with E-state index >= 15 is 0 Å². The lowest BCUT2D eigenvalue weighted by Crippen LogP contribution is -2.34. The largest absolute Gasteiger partial charge is 0.480 e. The maximum absolute atomic E-state index is 13.8. The van der Waals surface area contributed by atoms with Crippen LogP contribution in [0.3, 0.4) is 0 Å². The number of nitrogens with zero attached hydrogens (tertiary/aromatic N) is 3. The third kappa shape index (κ3) is 3.21. The van der Waals surface area contributed by atoms with Crippen LogP contribution in [-0.4, -0.2) is 40.8 Å². The zero-order valence-electron chi connectivity index (χ0n) is 14.6. The molecule has 2 aromatic heterocycles. The van der Waals surface area contributed by atoms with E-state index in [1.54, 1.807) is 41.6 Å². The lowest BCUT2D eigenvalue weighted by atomic mass is 10.1. The van der Waals surface area contributed by atoms with Gasteiger partial charge in [0.15, 0.2) is 0 Å². The number of halogens is 1. The summed E-state index contributed by atoms with van der Waals surface area (Å²) in [6.07, 6.45) is 3.98. The number of amides is 1. The molecule has 1 saturated heterocycles. The SMILES string of the molecule is COc1nc(N2CCC(Nc3ccccc3F)C2=O)ccc1-c1cn[nH]c1. The number of carbonyl (C=O) groups excluding carboxylic acids is 1. The van der Waals surface area contributed by atoms with Crippen molar-refractivity contribution in [3.05, 3.63) is 54.6 Å². The molecule has 4 rings (SSSR count). The number of rotatable bonds is 5. The number of anilines is 2. The van der Waals surface area contributed by atoms with Crippen molar-refractivity contribution in [2.75, 3.05) is 23.9 Å². The van der Waals surface area contributed by atoms with Crippen molar-refractivity contribution in [1.29, 1.82) is 0 Å². The molecule has 0 aliphatic carbocycles. The van der Waals surface area contributed by atoms with E-state index in [1.165, 1.54) is 13.2 Å². The third-order valence-electron chi connectivity index (χ3n) is 4.53. The average molecular weight is 367 g/mol. The molecule has 1 atom stereocenters. The molecule has 0 saturated carbocycles. The molecule has 3 aromatic rings. The summed E-state index contributed by atoms with van der Waals surface area (Å²) < 4.78 is 19.2. The summed E-state index contributed by atoms with van der Waals surface area (Å²) in [5.74, 6) is 0.381. The molecular weight excluding hydrogens is 349 g/mol. The number of hydrogen-bond acceptors (Lipinski definition) is 5. The van der Waals surface area contributed by atoms with Gasteiger partial charge < -0.3 is 10.1 Å². The summed E-state index contributed by atoms with van der Waals surface area (Å²) >= 11 is 0. The minimum Gasteiger partial charge on any atom is -0.480 e. The van der Waals surface area contributed by atoms with Crippen LogP contribution >= 0.6 is 0 Å². The molecule has 2 N–H and O–H groups in total. The average Bonchev–Trinajstić information content (AvgIpc) is 3.34. The fraction of sp³-hybridized carbons (Fsp3) is 0.211. The Hall–Kier alpha value is -3.42. The van der Waals surface area contributed by atoms with Crippen LogP contribution in [0.1, 0.15) is 6.42 Å². The van der Waals surface area contributed by atoms with Gasteiger partial charge in [0, 0.05) is 23.9 Å².